The predicted octanol–water partition coefficient (Wildman–Crippen LogP) is 3.12. The van der Waals surface area contributed by atoms with Crippen molar-refractivity contribution in [3.05, 3.63) is 53.1 Å². The van der Waals surface area contributed by atoms with Gasteiger partial charge in [0, 0.05) is 11.3 Å². The van der Waals surface area contributed by atoms with Gasteiger partial charge in [-0.1, -0.05) is 12.1 Å². The van der Waals surface area contributed by atoms with Gasteiger partial charge >= 0.3 is 11.9 Å². The highest BCUT2D eigenvalue weighted by Crippen LogP contribution is 2.43. The third-order valence-electron chi connectivity index (χ3n) is 4.41. The van der Waals surface area contributed by atoms with E-state index in [2.05, 4.69) is 5.32 Å². The summed E-state index contributed by atoms with van der Waals surface area (Å²) in [5, 5.41) is 2.71. The summed E-state index contributed by atoms with van der Waals surface area (Å²) in [6.07, 6.45) is -0.830. The quantitative estimate of drug-likeness (QED) is 0.714. The van der Waals surface area contributed by atoms with Crippen molar-refractivity contribution in [2.45, 2.75) is 19.4 Å². The van der Waals surface area contributed by atoms with Crippen molar-refractivity contribution >= 4 is 23.5 Å². The van der Waals surface area contributed by atoms with Gasteiger partial charge in [0.25, 0.3) is 0 Å². The van der Waals surface area contributed by atoms with E-state index in [1.54, 1.807) is 37.3 Å². The smallest absolute Gasteiger partial charge is 0.343 e. The molecule has 2 aromatic carbocycles. The molecule has 0 bridgehead atoms. The van der Waals surface area contributed by atoms with Crippen LogP contribution in [0.1, 0.15) is 45.7 Å². The lowest BCUT2D eigenvalue weighted by molar-refractivity contribution is -0.118. The van der Waals surface area contributed by atoms with Gasteiger partial charge in [0.05, 0.1) is 32.8 Å². The second-order valence-corrected chi connectivity index (χ2v) is 6.21. The Bertz CT molecular complexity index is 954. The number of benzene rings is 2. The molecule has 0 saturated carbocycles. The highest BCUT2D eigenvalue weighted by molar-refractivity contribution is 6.00. The molecule has 152 valence electrons. The highest BCUT2D eigenvalue weighted by atomic mass is 16.6. The van der Waals surface area contributed by atoms with Gasteiger partial charge in [-0.3, -0.25) is 4.79 Å². The van der Waals surface area contributed by atoms with Crippen LogP contribution in [0.5, 0.6) is 11.5 Å². The van der Waals surface area contributed by atoms with Crippen LogP contribution in [0, 0.1) is 0 Å². The van der Waals surface area contributed by atoms with Crippen LogP contribution in [0.15, 0.2) is 36.4 Å². The summed E-state index contributed by atoms with van der Waals surface area (Å²) in [6.45, 7) is 1.98. The van der Waals surface area contributed by atoms with E-state index in [9.17, 15) is 14.4 Å². The maximum absolute atomic E-state index is 12.5. The van der Waals surface area contributed by atoms with Crippen molar-refractivity contribution in [1.82, 2.24) is 0 Å². The Kier molecular flexibility index (Phi) is 6.01. The Morgan fingerprint density at radius 1 is 1.14 bits per heavy atom. The van der Waals surface area contributed by atoms with E-state index < -0.39 is 18.0 Å². The summed E-state index contributed by atoms with van der Waals surface area (Å²) in [5.41, 5.74) is 1.59. The Balaban J connectivity index is 1.74. The van der Waals surface area contributed by atoms with Crippen molar-refractivity contribution in [3.8, 4) is 11.5 Å². The van der Waals surface area contributed by atoms with E-state index in [1.807, 2.05) is 0 Å². The monoisotopic (exact) mass is 399 g/mol. The lowest BCUT2D eigenvalue weighted by atomic mass is 10.0. The largest absolute Gasteiger partial charge is 0.493 e. The van der Waals surface area contributed by atoms with Crippen LogP contribution in [-0.4, -0.2) is 38.7 Å². The summed E-state index contributed by atoms with van der Waals surface area (Å²) >= 11 is 0. The van der Waals surface area contributed by atoms with E-state index in [-0.39, 0.29) is 30.2 Å². The molecule has 1 heterocycles. The van der Waals surface area contributed by atoms with E-state index in [1.165, 1.54) is 20.3 Å². The maximum atomic E-state index is 12.5. The fourth-order valence-corrected chi connectivity index (χ4v) is 3.14. The number of methoxy groups -OCH3 is 2. The molecule has 1 amide bonds. The van der Waals surface area contributed by atoms with Gasteiger partial charge in [-0.15, -0.1) is 0 Å². The van der Waals surface area contributed by atoms with E-state index in [0.29, 0.717) is 22.6 Å². The minimum Gasteiger partial charge on any atom is -0.493 e. The SMILES string of the molecule is CCOC(=O)c1cccc(NC(=O)CC2OC(=O)c3c2ccc(OC)c3OC)c1. The number of esters is 2. The highest BCUT2D eigenvalue weighted by Gasteiger charge is 2.36. The second kappa shape index (κ2) is 8.64. The molecule has 1 aliphatic heterocycles. The number of nitrogens with one attached hydrogen (secondary N) is 1. The first-order valence-electron chi connectivity index (χ1n) is 9.01. The van der Waals surface area contributed by atoms with Crippen molar-refractivity contribution in [2.24, 2.45) is 0 Å². The Labute approximate surface area is 167 Å². The number of rotatable bonds is 7. The molecule has 3 rings (SSSR count). The standard InChI is InChI=1S/C21H21NO7/c1-4-28-20(24)12-6-5-7-13(10-12)22-17(23)11-16-14-8-9-15(26-2)19(27-3)18(14)21(25)29-16/h5-10,16H,4,11H2,1-3H3,(H,22,23). The van der Waals surface area contributed by atoms with Crippen molar-refractivity contribution in [1.29, 1.82) is 0 Å². The Morgan fingerprint density at radius 2 is 1.93 bits per heavy atom. The number of hydrogen-bond acceptors (Lipinski definition) is 7. The number of anilines is 1. The molecule has 0 aliphatic carbocycles. The third-order valence-corrected chi connectivity index (χ3v) is 4.41. The van der Waals surface area contributed by atoms with Crippen molar-refractivity contribution in [3.63, 3.8) is 0 Å². The number of cyclic esters (lactones) is 1. The number of amides is 1. The number of carbonyl (C=O) groups excluding carboxylic acids is 3. The van der Waals surface area contributed by atoms with E-state index >= 15 is 0 Å². The zero-order valence-electron chi connectivity index (χ0n) is 16.3. The molecule has 29 heavy (non-hydrogen) atoms. The Morgan fingerprint density at radius 3 is 2.62 bits per heavy atom. The van der Waals surface area contributed by atoms with E-state index in [0.717, 1.165) is 0 Å². The molecule has 0 saturated heterocycles. The lowest BCUT2D eigenvalue weighted by Gasteiger charge is -2.13. The normalized spacial score (nSPS) is 14.6. The van der Waals surface area contributed by atoms with Crippen LogP contribution in [0.2, 0.25) is 0 Å². The molecule has 0 fully saturated rings. The van der Waals surface area contributed by atoms with E-state index in [4.69, 9.17) is 18.9 Å². The van der Waals surface area contributed by atoms with Crippen molar-refractivity contribution in [2.75, 3.05) is 26.1 Å². The van der Waals surface area contributed by atoms with Crippen LogP contribution in [0.3, 0.4) is 0 Å². The number of ether oxygens (including phenoxy) is 4. The van der Waals surface area contributed by atoms with Gasteiger partial charge in [0.15, 0.2) is 11.5 Å². The molecule has 1 N–H and O–H groups in total. The fourth-order valence-electron chi connectivity index (χ4n) is 3.14. The van der Waals surface area contributed by atoms with Crippen molar-refractivity contribution < 1.29 is 33.3 Å². The number of carbonyl (C=O) groups is 3. The minimum absolute atomic E-state index is 0.0855. The first-order valence-corrected chi connectivity index (χ1v) is 9.01. The molecule has 2 aromatic rings. The van der Waals surface area contributed by atoms with Crippen LogP contribution in [0.4, 0.5) is 5.69 Å². The first kappa shape index (κ1) is 20.2. The zero-order valence-corrected chi connectivity index (χ0v) is 16.3. The Hall–Kier alpha value is -3.55. The van der Waals surface area contributed by atoms with Crippen LogP contribution in [0.25, 0.3) is 0 Å². The predicted molar refractivity (Wildman–Crippen MR) is 103 cm³/mol. The summed E-state index contributed by atoms with van der Waals surface area (Å²) in [4.78, 5) is 36.6. The van der Waals surface area contributed by atoms with Gasteiger partial charge in [-0.2, -0.15) is 0 Å². The van der Waals surface area contributed by atoms with Crippen LogP contribution >= 0.6 is 0 Å². The molecular formula is C21H21NO7. The zero-order chi connectivity index (χ0) is 21.0. The van der Waals surface area contributed by atoms with Crippen LogP contribution in [-0.2, 0) is 14.3 Å². The molecule has 8 heteroatoms. The number of hydrogen-bond donors (Lipinski definition) is 1. The average molecular weight is 399 g/mol. The van der Waals surface area contributed by atoms with Gasteiger partial charge in [-0.05, 0) is 31.2 Å². The fraction of sp³-hybridized carbons (Fsp3) is 0.286. The topological polar surface area (TPSA) is 100 Å². The lowest BCUT2D eigenvalue weighted by Crippen LogP contribution is -2.16. The minimum atomic E-state index is -0.745. The van der Waals surface area contributed by atoms with Crippen LogP contribution < -0.4 is 14.8 Å². The second-order valence-electron chi connectivity index (χ2n) is 6.21. The summed E-state index contributed by atoms with van der Waals surface area (Å²) in [6, 6.07) is 9.77. The average Bonchev–Trinajstić information content (AvgIpc) is 3.02. The van der Waals surface area contributed by atoms with Gasteiger partial charge in [-0.25, -0.2) is 9.59 Å². The molecule has 0 spiro atoms. The summed E-state index contributed by atoms with van der Waals surface area (Å²) in [5.74, 6) is -0.725. The van der Waals surface area contributed by atoms with Gasteiger partial charge in [0.1, 0.15) is 11.7 Å². The summed E-state index contributed by atoms with van der Waals surface area (Å²) < 4.78 is 20.8. The van der Waals surface area contributed by atoms with Gasteiger partial charge in [0.2, 0.25) is 5.91 Å². The molecular weight excluding hydrogens is 378 g/mol. The molecule has 1 aliphatic rings. The molecule has 1 unspecified atom stereocenters. The third kappa shape index (κ3) is 4.16. The molecule has 0 radical (unpaired) electrons. The number of fused-ring (bicyclic) bond motifs is 1. The summed E-state index contributed by atoms with van der Waals surface area (Å²) in [7, 11) is 2.90. The molecule has 8 nitrogen and oxygen atoms in total. The van der Waals surface area contributed by atoms with Gasteiger partial charge < -0.3 is 24.3 Å². The molecule has 0 aromatic heterocycles. The first-order chi connectivity index (χ1) is 14.0. The maximum Gasteiger partial charge on any atom is 0.343 e. The molecule has 1 atom stereocenters.